The number of esters is 1. The first-order valence-electron chi connectivity index (χ1n) is 15.7. The normalized spacial score (nSPS) is 26.8. The molecule has 2 aliphatic heterocycles. The van der Waals surface area contributed by atoms with E-state index in [-0.39, 0.29) is 18.4 Å². The van der Waals surface area contributed by atoms with Crippen molar-refractivity contribution in [1.29, 1.82) is 0 Å². The van der Waals surface area contributed by atoms with E-state index >= 15 is 0 Å². The number of benzene rings is 1. The van der Waals surface area contributed by atoms with Crippen molar-refractivity contribution in [3.05, 3.63) is 47.7 Å². The molecule has 45 heavy (non-hydrogen) atoms. The van der Waals surface area contributed by atoms with Crippen molar-refractivity contribution in [2.24, 2.45) is 5.41 Å². The fourth-order valence-electron chi connectivity index (χ4n) is 5.53. The molecule has 0 spiro atoms. The molecule has 1 aromatic carbocycles. The van der Waals surface area contributed by atoms with Crippen molar-refractivity contribution in [3.8, 4) is 0 Å². The first-order valence-corrected chi connectivity index (χ1v) is 15.7. The Morgan fingerprint density at radius 3 is 2.42 bits per heavy atom. The zero-order valence-corrected chi connectivity index (χ0v) is 27.6. The molecule has 5 atom stereocenters. The van der Waals surface area contributed by atoms with Crippen molar-refractivity contribution in [3.63, 3.8) is 0 Å². The summed E-state index contributed by atoms with van der Waals surface area (Å²) in [6.45, 7) is 14.8. The summed E-state index contributed by atoms with van der Waals surface area (Å²) in [6.07, 6.45) is 2.93. The lowest BCUT2D eigenvalue weighted by Gasteiger charge is -2.35. The molecule has 11 heteroatoms. The van der Waals surface area contributed by atoms with Gasteiger partial charge in [0.05, 0.1) is 29.3 Å². The number of rotatable bonds is 2. The molecule has 1 saturated heterocycles. The molecule has 2 aromatic rings. The summed E-state index contributed by atoms with van der Waals surface area (Å²) in [6, 6.07) is 7.82. The second-order valence-corrected chi connectivity index (χ2v) is 13.8. The van der Waals surface area contributed by atoms with Crippen molar-refractivity contribution in [1.82, 2.24) is 26.1 Å². The van der Waals surface area contributed by atoms with E-state index in [9.17, 15) is 19.2 Å². The number of hydrogen-bond donors (Lipinski definition) is 3. The van der Waals surface area contributed by atoms with Crippen LogP contribution in [-0.2, 0) is 28.7 Å². The lowest BCUT2D eigenvalue weighted by molar-refractivity contribution is -0.173. The molecular formula is C34H47N5O6. The highest BCUT2D eigenvalue weighted by Gasteiger charge is 2.37. The summed E-state index contributed by atoms with van der Waals surface area (Å²) >= 11 is 0. The van der Waals surface area contributed by atoms with Gasteiger partial charge in [0.25, 0.3) is 11.8 Å². The maximum atomic E-state index is 13.5. The molecule has 0 radical (unpaired) electrons. The quantitative estimate of drug-likeness (QED) is 0.429. The molecule has 3 N–H and O–H groups in total. The Hall–Kier alpha value is -3.83. The van der Waals surface area contributed by atoms with Crippen LogP contribution in [0, 0.1) is 5.41 Å². The van der Waals surface area contributed by atoms with E-state index in [4.69, 9.17) is 14.5 Å². The van der Waals surface area contributed by atoms with E-state index in [0.717, 1.165) is 16.5 Å². The average molecular weight is 622 g/mol. The molecule has 0 saturated carbocycles. The summed E-state index contributed by atoms with van der Waals surface area (Å²) < 4.78 is 11.8. The highest BCUT2D eigenvalue weighted by molar-refractivity contribution is 5.91. The number of amides is 3. The van der Waals surface area contributed by atoms with Gasteiger partial charge in [-0.1, -0.05) is 44.2 Å². The second-order valence-electron chi connectivity index (χ2n) is 13.8. The van der Waals surface area contributed by atoms with Gasteiger partial charge in [-0.05, 0) is 77.5 Å². The van der Waals surface area contributed by atoms with Crippen LogP contribution in [-0.4, -0.2) is 70.1 Å². The van der Waals surface area contributed by atoms with Crippen LogP contribution < -0.4 is 16.1 Å². The number of carbonyl (C=O) groups is 4. The standard InChI is InChI=1S/C34H47N5O6/c1-20-25-14-13-24-12-11-23(18-27(24)37-25)15-16-34(7,8)19-28(40)44-29(22(3)45-33(4,5)6)31(42)36-21(2)32(43)39-17-9-10-26(38-39)30(41)35-20/h11-16,18,20-22,26,29,38H,9-10,17,19H2,1-8H3,(H,35,41)(H,36,42)/b16-15+/t20-,21+,22-,26+,29+/m1/s1. The maximum absolute atomic E-state index is 13.5. The number of nitrogens with zero attached hydrogens (tertiary/aromatic N) is 2. The van der Waals surface area contributed by atoms with Crippen molar-refractivity contribution < 1.29 is 28.7 Å². The minimum absolute atomic E-state index is 0.0102. The summed E-state index contributed by atoms with van der Waals surface area (Å²) in [5.74, 6) is -1.87. The SMILES string of the molecule is C[C@@H]1NC(=O)[C@H]([C@@H](C)OC(C)(C)C)OC(=O)CC(C)(C)/C=C/c2ccc3ccc(nc3c2)[C@@H](C)NC(=O)[C@@H]2CCCN(N2)C1=O. The van der Waals surface area contributed by atoms with Gasteiger partial charge in [0.2, 0.25) is 12.0 Å². The number of carbonyl (C=O) groups excluding carboxylic acids is 4. The van der Waals surface area contributed by atoms with Gasteiger partial charge < -0.3 is 20.1 Å². The van der Waals surface area contributed by atoms with Gasteiger partial charge in [0.15, 0.2) is 0 Å². The van der Waals surface area contributed by atoms with Crippen LogP contribution in [0.2, 0.25) is 0 Å². The van der Waals surface area contributed by atoms with Gasteiger partial charge in [-0.15, -0.1) is 0 Å². The molecular weight excluding hydrogens is 574 g/mol. The summed E-state index contributed by atoms with van der Waals surface area (Å²) in [7, 11) is 0. The summed E-state index contributed by atoms with van der Waals surface area (Å²) in [4.78, 5) is 58.3. The number of hydrazine groups is 1. The Balaban J connectivity index is 1.68. The second kappa shape index (κ2) is 13.7. The third-order valence-corrected chi connectivity index (χ3v) is 7.85. The Labute approximate surface area is 265 Å². The summed E-state index contributed by atoms with van der Waals surface area (Å²) in [5.41, 5.74) is 4.20. The third-order valence-electron chi connectivity index (χ3n) is 7.85. The molecule has 4 rings (SSSR count). The Morgan fingerprint density at radius 2 is 1.71 bits per heavy atom. The number of allylic oxidation sites excluding steroid dienone is 1. The molecule has 2 aliphatic rings. The minimum Gasteiger partial charge on any atom is -0.449 e. The van der Waals surface area contributed by atoms with Crippen LogP contribution >= 0.6 is 0 Å². The van der Waals surface area contributed by atoms with Gasteiger partial charge in [-0.25, -0.2) is 5.43 Å². The Bertz CT molecular complexity index is 1460. The van der Waals surface area contributed by atoms with Crippen LogP contribution in [0.1, 0.15) is 92.0 Å². The predicted molar refractivity (Wildman–Crippen MR) is 171 cm³/mol. The average Bonchev–Trinajstić information content (AvgIpc) is 2.96. The first kappa shape index (κ1) is 34.1. The molecule has 244 valence electrons. The lowest BCUT2D eigenvalue weighted by Crippen LogP contribution is -2.61. The highest BCUT2D eigenvalue weighted by atomic mass is 16.6. The molecule has 0 aliphatic carbocycles. The van der Waals surface area contributed by atoms with Gasteiger partial charge >= 0.3 is 5.97 Å². The van der Waals surface area contributed by atoms with E-state index in [2.05, 4.69) is 16.1 Å². The minimum atomic E-state index is -1.29. The lowest BCUT2D eigenvalue weighted by atomic mass is 9.88. The van der Waals surface area contributed by atoms with E-state index in [1.54, 1.807) is 13.8 Å². The number of hydrogen-bond acceptors (Lipinski definition) is 8. The zero-order chi connectivity index (χ0) is 33.1. The van der Waals surface area contributed by atoms with Crippen molar-refractivity contribution in [2.75, 3.05) is 6.54 Å². The largest absolute Gasteiger partial charge is 0.449 e. The monoisotopic (exact) mass is 621 g/mol. The van der Waals surface area contributed by atoms with Gasteiger partial charge in [-0.2, -0.15) is 0 Å². The molecule has 1 aromatic heterocycles. The fraction of sp³-hybridized carbons (Fsp3) is 0.559. The number of ether oxygens (including phenoxy) is 2. The summed E-state index contributed by atoms with van der Waals surface area (Å²) in [5, 5.41) is 8.06. The molecule has 5 bridgehead atoms. The van der Waals surface area contributed by atoms with Crippen LogP contribution in [0.4, 0.5) is 0 Å². The maximum Gasteiger partial charge on any atom is 0.307 e. The fourth-order valence-corrected chi connectivity index (χ4v) is 5.53. The van der Waals surface area contributed by atoms with Gasteiger partial charge in [-0.3, -0.25) is 29.2 Å². The number of aromatic nitrogens is 1. The molecule has 3 heterocycles. The van der Waals surface area contributed by atoms with Crippen molar-refractivity contribution >= 4 is 40.7 Å². The molecule has 3 amide bonds. The number of pyridine rings is 1. The number of cyclic esters (lactones) is 1. The first-order chi connectivity index (χ1) is 21.0. The van der Waals surface area contributed by atoms with Crippen molar-refractivity contribution in [2.45, 2.75) is 111 Å². The van der Waals surface area contributed by atoms with Gasteiger partial charge in [0.1, 0.15) is 18.2 Å². The van der Waals surface area contributed by atoms with Crippen LogP contribution in [0.5, 0.6) is 0 Å². The zero-order valence-electron chi connectivity index (χ0n) is 27.6. The number of fused-ring (bicyclic) bond motifs is 4. The topological polar surface area (TPSA) is 139 Å². The van der Waals surface area contributed by atoms with E-state index in [1.807, 2.05) is 84.0 Å². The number of nitrogens with one attached hydrogen (secondary N) is 3. The predicted octanol–water partition coefficient (Wildman–Crippen LogP) is 3.97. The smallest absolute Gasteiger partial charge is 0.307 e. The van der Waals surface area contributed by atoms with E-state index in [0.29, 0.717) is 25.1 Å². The van der Waals surface area contributed by atoms with E-state index in [1.165, 1.54) is 5.01 Å². The van der Waals surface area contributed by atoms with Gasteiger partial charge in [0, 0.05) is 11.9 Å². The highest BCUT2D eigenvalue weighted by Crippen LogP contribution is 2.27. The molecule has 11 nitrogen and oxygen atoms in total. The van der Waals surface area contributed by atoms with Crippen LogP contribution in [0.3, 0.4) is 0 Å². The van der Waals surface area contributed by atoms with Crippen LogP contribution in [0.15, 0.2) is 36.4 Å². The molecule has 0 unspecified atom stereocenters. The third kappa shape index (κ3) is 9.11. The van der Waals surface area contributed by atoms with Crippen LogP contribution in [0.25, 0.3) is 17.0 Å². The Morgan fingerprint density at radius 1 is 1.02 bits per heavy atom. The van der Waals surface area contributed by atoms with E-state index < -0.39 is 53.1 Å². The Kier molecular flexibility index (Phi) is 10.3. The molecule has 1 fully saturated rings.